The van der Waals surface area contributed by atoms with Crippen molar-refractivity contribution in [2.75, 3.05) is 25.6 Å². The zero-order valence-corrected chi connectivity index (χ0v) is 14.4. The molecular weight excluding hydrogens is 320 g/mol. The molecule has 0 heterocycles. The van der Waals surface area contributed by atoms with Crippen LogP contribution in [0.4, 0.5) is 5.69 Å². The Hall–Kier alpha value is -1.64. The smallest absolute Gasteiger partial charge is 0.335 e. The summed E-state index contributed by atoms with van der Waals surface area (Å²) in [6.45, 7) is 4.69. The van der Waals surface area contributed by atoms with E-state index in [1.165, 1.54) is 18.2 Å². The Balaban J connectivity index is 3.12. The van der Waals surface area contributed by atoms with Crippen LogP contribution in [-0.4, -0.2) is 45.8 Å². The average Bonchev–Trinajstić information content (AvgIpc) is 2.50. The first-order valence-electron chi connectivity index (χ1n) is 7.44. The largest absolute Gasteiger partial charge is 0.478 e. The number of rotatable bonds is 10. The first-order chi connectivity index (χ1) is 10.8. The van der Waals surface area contributed by atoms with Crippen LogP contribution in [0.25, 0.3) is 0 Å². The fourth-order valence-corrected chi connectivity index (χ4v) is 3.41. The second-order valence-corrected chi connectivity index (χ2v) is 6.90. The standard InChI is InChI=1S/C15H24N2O5S/c1-4-11(2)17-23(20,21)14-10-12(15(18)19)6-7-13(14)16-8-5-9-22-3/h6-7,10-11,16-17H,4-5,8-9H2,1-3H3,(H,18,19). The molecule has 0 fully saturated rings. The zero-order valence-electron chi connectivity index (χ0n) is 13.6. The Kier molecular flexibility index (Phi) is 7.47. The van der Waals surface area contributed by atoms with Crippen LogP contribution in [0.15, 0.2) is 23.1 Å². The third kappa shape index (κ3) is 5.81. The second kappa shape index (κ2) is 8.85. The molecule has 0 radical (unpaired) electrons. The van der Waals surface area contributed by atoms with Crippen LogP contribution in [0.1, 0.15) is 37.0 Å². The number of ether oxygens (including phenoxy) is 1. The third-order valence-electron chi connectivity index (χ3n) is 3.33. The number of benzene rings is 1. The van der Waals surface area contributed by atoms with Crippen molar-refractivity contribution in [3.8, 4) is 0 Å². The normalized spacial score (nSPS) is 12.8. The lowest BCUT2D eigenvalue weighted by molar-refractivity contribution is 0.0696. The Morgan fingerprint density at radius 1 is 1.39 bits per heavy atom. The van der Waals surface area contributed by atoms with Gasteiger partial charge in [-0.1, -0.05) is 6.92 Å². The molecule has 3 N–H and O–H groups in total. The van der Waals surface area contributed by atoms with Crippen LogP contribution in [0.3, 0.4) is 0 Å². The summed E-state index contributed by atoms with van der Waals surface area (Å²) in [6.07, 6.45) is 1.34. The van der Waals surface area contributed by atoms with Gasteiger partial charge in [0.1, 0.15) is 4.90 Å². The van der Waals surface area contributed by atoms with Gasteiger partial charge in [-0.25, -0.2) is 17.9 Å². The average molecular weight is 344 g/mol. The number of aromatic carboxylic acids is 1. The van der Waals surface area contributed by atoms with Crippen molar-refractivity contribution in [1.82, 2.24) is 4.72 Å². The van der Waals surface area contributed by atoms with Crippen molar-refractivity contribution in [3.63, 3.8) is 0 Å². The SMILES string of the molecule is CCC(C)NS(=O)(=O)c1cc(C(=O)O)ccc1NCCCOC. The van der Waals surface area contributed by atoms with Gasteiger partial charge in [-0.05, 0) is 38.0 Å². The summed E-state index contributed by atoms with van der Waals surface area (Å²) < 4.78 is 32.5. The van der Waals surface area contributed by atoms with Crippen LogP contribution < -0.4 is 10.0 Å². The van der Waals surface area contributed by atoms with Crippen molar-refractivity contribution in [1.29, 1.82) is 0 Å². The molecule has 0 aliphatic heterocycles. The molecule has 1 unspecified atom stereocenters. The number of methoxy groups -OCH3 is 1. The maximum atomic E-state index is 12.5. The maximum absolute atomic E-state index is 12.5. The lowest BCUT2D eigenvalue weighted by Gasteiger charge is -2.16. The van der Waals surface area contributed by atoms with Crippen molar-refractivity contribution < 1.29 is 23.1 Å². The van der Waals surface area contributed by atoms with Crippen molar-refractivity contribution >= 4 is 21.7 Å². The van der Waals surface area contributed by atoms with Crippen molar-refractivity contribution in [2.24, 2.45) is 0 Å². The van der Waals surface area contributed by atoms with E-state index in [4.69, 9.17) is 9.84 Å². The molecule has 0 spiro atoms. The van der Waals surface area contributed by atoms with Gasteiger partial charge < -0.3 is 15.2 Å². The number of nitrogens with one attached hydrogen (secondary N) is 2. The lowest BCUT2D eigenvalue weighted by atomic mass is 10.2. The van der Waals surface area contributed by atoms with E-state index in [1.54, 1.807) is 14.0 Å². The monoisotopic (exact) mass is 344 g/mol. The number of sulfonamides is 1. The zero-order chi connectivity index (χ0) is 17.5. The first kappa shape index (κ1) is 19.4. The Labute approximate surface area is 137 Å². The molecule has 0 aliphatic carbocycles. The summed E-state index contributed by atoms with van der Waals surface area (Å²) in [5.41, 5.74) is 0.305. The lowest BCUT2D eigenvalue weighted by Crippen LogP contribution is -2.32. The van der Waals surface area contributed by atoms with Gasteiger partial charge in [0.25, 0.3) is 0 Å². The summed E-state index contributed by atoms with van der Waals surface area (Å²) in [4.78, 5) is 11.1. The fraction of sp³-hybridized carbons (Fsp3) is 0.533. The number of anilines is 1. The number of carboxylic acid groups (broad SMARTS) is 1. The molecule has 0 aliphatic rings. The van der Waals surface area contributed by atoms with Gasteiger partial charge in [0, 0.05) is 26.3 Å². The summed E-state index contributed by atoms with van der Waals surface area (Å²) in [6, 6.07) is 3.78. The molecule has 1 atom stereocenters. The minimum absolute atomic E-state index is 0.0601. The maximum Gasteiger partial charge on any atom is 0.335 e. The van der Waals surface area contributed by atoms with E-state index in [0.717, 1.165) is 0 Å². The Morgan fingerprint density at radius 3 is 2.65 bits per heavy atom. The predicted octanol–water partition coefficient (Wildman–Crippen LogP) is 1.91. The highest BCUT2D eigenvalue weighted by molar-refractivity contribution is 7.89. The summed E-state index contributed by atoms with van der Waals surface area (Å²) in [7, 11) is -2.22. The number of carbonyl (C=O) groups is 1. The van der Waals surface area contributed by atoms with E-state index in [0.29, 0.717) is 31.7 Å². The van der Waals surface area contributed by atoms with Crippen LogP contribution >= 0.6 is 0 Å². The molecule has 0 amide bonds. The predicted molar refractivity (Wildman–Crippen MR) is 88.5 cm³/mol. The van der Waals surface area contributed by atoms with Gasteiger partial charge in [-0.15, -0.1) is 0 Å². The Bertz CT molecular complexity index is 631. The minimum Gasteiger partial charge on any atom is -0.478 e. The molecule has 0 saturated carbocycles. The Morgan fingerprint density at radius 2 is 2.09 bits per heavy atom. The van der Waals surface area contributed by atoms with E-state index in [2.05, 4.69) is 10.0 Å². The van der Waals surface area contributed by atoms with Gasteiger partial charge in [0.2, 0.25) is 10.0 Å². The number of hydrogen-bond acceptors (Lipinski definition) is 5. The van der Waals surface area contributed by atoms with E-state index in [-0.39, 0.29) is 16.5 Å². The quantitative estimate of drug-likeness (QED) is 0.560. The first-order valence-corrected chi connectivity index (χ1v) is 8.92. The molecule has 23 heavy (non-hydrogen) atoms. The summed E-state index contributed by atoms with van der Waals surface area (Å²) >= 11 is 0. The summed E-state index contributed by atoms with van der Waals surface area (Å²) in [5.74, 6) is -1.17. The minimum atomic E-state index is -3.81. The van der Waals surface area contributed by atoms with Crippen molar-refractivity contribution in [2.45, 2.75) is 37.6 Å². The molecule has 1 aromatic rings. The molecule has 7 nitrogen and oxygen atoms in total. The van der Waals surface area contributed by atoms with E-state index in [1.807, 2.05) is 6.92 Å². The highest BCUT2D eigenvalue weighted by Gasteiger charge is 2.22. The van der Waals surface area contributed by atoms with E-state index in [9.17, 15) is 13.2 Å². The van der Waals surface area contributed by atoms with Gasteiger partial charge in [-0.3, -0.25) is 0 Å². The molecule has 130 valence electrons. The molecule has 0 aromatic heterocycles. The van der Waals surface area contributed by atoms with Gasteiger partial charge in [0.15, 0.2) is 0 Å². The molecule has 0 saturated heterocycles. The van der Waals surface area contributed by atoms with E-state index >= 15 is 0 Å². The highest BCUT2D eigenvalue weighted by atomic mass is 32.2. The van der Waals surface area contributed by atoms with Crippen molar-refractivity contribution in [3.05, 3.63) is 23.8 Å². The molecule has 1 aromatic carbocycles. The van der Waals surface area contributed by atoms with Gasteiger partial charge in [0.05, 0.1) is 11.3 Å². The second-order valence-electron chi connectivity index (χ2n) is 5.22. The topological polar surface area (TPSA) is 105 Å². The molecule has 0 bridgehead atoms. The number of carboxylic acids is 1. The third-order valence-corrected chi connectivity index (χ3v) is 4.96. The van der Waals surface area contributed by atoms with Crippen LogP contribution in [-0.2, 0) is 14.8 Å². The molecule has 8 heteroatoms. The van der Waals surface area contributed by atoms with Crippen LogP contribution in [0.5, 0.6) is 0 Å². The number of hydrogen-bond donors (Lipinski definition) is 3. The highest BCUT2D eigenvalue weighted by Crippen LogP contribution is 2.23. The van der Waals surface area contributed by atoms with Crippen LogP contribution in [0, 0.1) is 0 Å². The molecular formula is C15H24N2O5S. The fourth-order valence-electron chi connectivity index (χ4n) is 1.87. The van der Waals surface area contributed by atoms with E-state index < -0.39 is 16.0 Å². The molecule has 1 rings (SSSR count). The van der Waals surface area contributed by atoms with Crippen LogP contribution in [0.2, 0.25) is 0 Å². The van der Waals surface area contributed by atoms with Gasteiger partial charge in [-0.2, -0.15) is 0 Å². The summed E-state index contributed by atoms with van der Waals surface area (Å²) in [5, 5.41) is 12.1. The van der Waals surface area contributed by atoms with Gasteiger partial charge >= 0.3 is 5.97 Å².